The van der Waals surface area contributed by atoms with E-state index in [1.165, 1.54) is 10.9 Å². The number of allylic oxidation sites excluding steroid dienone is 1. The van der Waals surface area contributed by atoms with Gasteiger partial charge in [0.2, 0.25) is 5.69 Å². The second-order valence-electron chi connectivity index (χ2n) is 13.1. The lowest BCUT2D eigenvalue weighted by Gasteiger charge is -2.39. The third-order valence-electron chi connectivity index (χ3n) is 9.04. The third-order valence-corrected chi connectivity index (χ3v) is 19.3. The van der Waals surface area contributed by atoms with Crippen LogP contribution in [0.4, 0.5) is 4.39 Å². The van der Waals surface area contributed by atoms with Crippen molar-refractivity contribution in [2.24, 2.45) is 5.92 Å². The summed E-state index contributed by atoms with van der Waals surface area (Å²) in [4.78, 5) is 22.5. The van der Waals surface area contributed by atoms with E-state index in [0.29, 0.717) is 5.92 Å². The van der Waals surface area contributed by atoms with Crippen LogP contribution in [0.3, 0.4) is 0 Å². The molecule has 2 saturated heterocycles. The van der Waals surface area contributed by atoms with E-state index in [4.69, 9.17) is 30.0 Å². The van der Waals surface area contributed by atoms with E-state index in [1.54, 1.807) is 11.4 Å². The zero-order valence-corrected chi connectivity index (χ0v) is 28.1. The van der Waals surface area contributed by atoms with Gasteiger partial charge in [0.25, 0.3) is 11.6 Å². The zero-order valence-electron chi connectivity index (χ0n) is 24.5. The molecule has 0 aromatic carbocycles. The van der Waals surface area contributed by atoms with Crippen molar-refractivity contribution in [2.75, 3.05) is 6.61 Å². The fourth-order valence-corrected chi connectivity index (χ4v) is 13.9. The van der Waals surface area contributed by atoms with Gasteiger partial charge in [-0.05, 0) is 69.0 Å². The van der Waals surface area contributed by atoms with Gasteiger partial charge in [0, 0.05) is 4.75 Å². The minimum absolute atomic E-state index is 0.0116. The maximum atomic E-state index is 16.4. The van der Waals surface area contributed by atoms with E-state index in [2.05, 4.69) is 69.2 Å². The highest BCUT2D eigenvalue weighted by atomic mass is 32.9. The van der Waals surface area contributed by atoms with E-state index in [0.717, 1.165) is 24.8 Å². The Bertz CT molecular complexity index is 1450. The molecular weight excluding hydrogens is 607 g/mol. The fourth-order valence-electron chi connectivity index (χ4n) is 5.42. The van der Waals surface area contributed by atoms with Gasteiger partial charge in [-0.3, -0.25) is 14.3 Å². The molecule has 4 heterocycles. The van der Waals surface area contributed by atoms with Crippen molar-refractivity contribution < 1.29 is 27.7 Å². The Kier molecular flexibility index (Phi) is 8.24. The van der Waals surface area contributed by atoms with Gasteiger partial charge in [-0.25, -0.2) is 9.37 Å². The Morgan fingerprint density at radius 2 is 2.17 bits per heavy atom. The number of nitrogens with one attached hydrogen (secondary N) is 1. The summed E-state index contributed by atoms with van der Waals surface area (Å²) in [6.45, 7) is 18.7. The second-order valence-corrected chi connectivity index (χ2v) is 24.5. The van der Waals surface area contributed by atoms with Crippen molar-refractivity contribution in [3.05, 3.63) is 28.8 Å². The first-order valence-electron chi connectivity index (χ1n) is 13.9. The van der Waals surface area contributed by atoms with Gasteiger partial charge in [0.1, 0.15) is 12.2 Å². The van der Waals surface area contributed by atoms with Crippen LogP contribution in [-0.4, -0.2) is 68.8 Å². The Morgan fingerprint density at radius 3 is 2.83 bits per heavy atom. The van der Waals surface area contributed by atoms with Gasteiger partial charge in [-0.2, -0.15) is 4.98 Å². The molecule has 0 radical (unpaired) electrons. The van der Waals surface area contributed by atoms with E-state index >= 15 is 4.39 Å². The molecule has 8 atom stereocenters. The molecule has 2 N–H and O–H groups in total. The average Bonchev–Trinajstić information content (AvgIpc) is 3.48. The number of ether oxygens (including phenoxy) is 1. The number of hydrogen-bond donors (Lipinski definition) is 2. The highest BCUT2D eigenvalue weighted by molar-refractivity contribution is 8.68. The average molecular weight is 647 g/mol. The predicted octanol–water partition coefficient (Wildman–Crippen LogP) is 5.96. The molecule has 10 nitrogen and oxygen atoms in total. The van der Waals surface area contributed by atoms with E-state index in [-0.39, 0.29) is 33.7 Å². The largest absolute Gasteiger partial charge is 0.480 e. The summed E-state index contributed by atoms with van der Waals surface area (Å²) < 4.78 is 43.2. The van der Waals surface area contributed by atoms with E-state index < -0.39 is 50.2 Å². The van der Waals surface area contributed by atoms with Gasteiger partial charge in [0.15, 0.2) is 31.9 Å². The fraction of sp³-hybridized carbons (Fsp3) is 0.731. The lowest BCUT2D eigenvalue weighted by Crippen LogP contribution is -2.49. The van der Waals surface area contributed by atoms with Gasteiger partial charge in [0.05, 0.1) is 19.0 Å². The van der Waals surface area contributed by atoms with Crippen LogP contribution >= 0.6 is 17.1 Å². The Balaban J connectivity index is 1.40. The van der Waals surface area contributed by atoms with Crippen LogP contribution in [0.2, 0.25) is 18.1 Å². The van der Waals surface area contributed by atoms with Gasteiger partial charge in [-0.1, -0.05) is 44.3 Å². The Labute approximate surface area is 249 Å². The minimum atomic E-state index is -2.75. The Morgan fingerprint density at radius 1 is 1.46 bits per heavy atom. The van der Waals surface area contributed by atoms with Crippen molar-refractivity contribution in [1.29, 1.82) is 0 Å². The molecule has 2 aromatic rings. The number of rotatable bonds is 7. The van der Waals surface area contributed by atoms with E-state index in [1.807, 2.05) is 0 Å². The second kappa shape index (κ2) is 10.8. The predicted molar refractivity (Wildman–Crippen MR) is 164 cm³/mol. The molecule has 3 fully saturated rings. The molecule has 15 heteroatoms. The van der Waals surface area contributed by atoms with Crippen LogP contribution in [0.1, 0.15) is 60.1 Å². The summed E-state index contributed by atoms with van der Waals surface area (Å²) in [6.07, 6.45) is -0.493. The number of alkyl halides is 1. The molecule has 1 saturated carbocycles. The number of nitrogens with zero attached hydrogens (tertiary/aromatic N) is 3. The smallest absolute Gasteiger partial charge is 0.296 e. The maximum absolute atomic E-state index is 16.4. The lowest BCUT2D eigenvalue weighted by molar-refractivity contribution is -0.0406. The third kappa shape index (κ3) is 5.87. The number of imidazole rings is 1. The minimum Gasteiger partial charge on any atom is -0.480 e. The summed E-state index contributed by atoms with van der Waals surface area (Å²) in [7, 11) is -2.45. The summed E-state index contributed by atoms with van der Waals surface area (Å²) in [5, 5.41) is 9.71. The van der Waals surface area contributed by atoms with Crippen molar-refractivity contribution >= 4 is 48.4 Å². The summed E-state index contributed by atoms with van der Waals surface area (Å²) in [5.41, 5.74) is -2.25. The number of aromatic hydroxyl groups is 1. The van der Waals surface area contributed by atoms with Gasteiger partial charge in [-0.15, -0.1) is 0 Å². The van der Waals surface area contributed by atoms with Crippen LogP contribution in [-0.2, 0) is 30.0 Å². The van der Waals surface area contributed by atoms with Crippen LogP contribution in [0.25, 0.3) is 11.2 Å². The number of halogens is 1. The molecule has 228 valence electrons. The SMILES string of the molecule is C=C(C)[C@@H]1CC[C@]2(C)S[P@@](=S)(OC[C@H]3O[C@@H](n4cnc5c(=O)[nH]c(O)nc54)[C@H](F)C3O[Si](C)(C)C(C)(C)C)O[C@H]2C1. The summed E-state index contributed by atoms with van der Waals surface area (Å²) >= 11 is 7.56. The first kappa shape index (κ1) is 31.3. The molecule has 1 aliphatic carbocycles. The van der Waals surface area contributed by atoms with E-state index in [9.17, 15) is 9.90 Å². The standard InChI is InChI=1S/C26H40FN4O6PS2Si/c1-14(2)15-9-10-26(6)17(11-15)36-38(39,40-26)34-12-16-20(37-41(7,8)25(3,4)5)18(27)23(35-16)31-13-28-19-21(31)29-24(33)30-22(19)32/h13,15-18,20,23H,1,9-12H2,2-8H3,(H2,29,30,32,33)/t15-,16-,17+,18-,20?,23-,26+,38+/m1/s1. The molecule has 0 spiro atoms. The summed E-state index contributed by atoms with van der Waals surface area (Å²) in [6, 6.07) is -0.594. The first-order valence-corrected chi connectivity index (χ1v) is 20.8. The topological polar surface area (TPSA) is 121 Å². The van der Waals surface area contributed by atoms with Crippen molar-refractivity contribution in [3.63, 3.8) is 0 Å². The highest BCUT2D eigenvalue weighted by Gasteiger charge is 2.55. The number of H-pyrrole nitrogens is 1. The molecule has 5 rings (SSSR count). The molecule has 41 heavy (non-hydrogen) atoms. The van der Waals surface area contributed by atoms with Gasteiger partial charge >= 0.3 is 0 Å². The highest BCUT2D eigenvalue weighted by Crippen LogP contribution is 2.75. The first-order chi connectivity index (χ1) is 18.9. The molecule has 0 bridgehead atoms. The summed E-state index contributed by atoms with van der Waals surface area (Å²) in [5.74, 6) is 0.397. The number of aromatic nitrogens is 4. The Hall–Kier alpha value is -1.12. The normalized spacial score (nSPS) is 36.1. The van der Waals surface area contributed by atoms with Crippen LogP contribution in [0.5, 0.6) is 6.01 Å². The molecular formula is C26H40FN4O6PS2Si. The van der Waals surface area contributed by atoms with Crippen molar-refractivity contribution in [2.45, 2.75) is 107 Å². The number of hydrogen-bond acceptors (Lipinski definition) is 10. The van der Waals surface area contributed by atoms with Crippen LogP contribution < -0.4 is 5.56 Å². The molecule has 0 amide bonds. The monoisotopic (exact) mass is 646 g/mol. The zero-order chi connectivity index (χ0) is 30.1. The van der Waals surface area contributed by atoms with Crippen molar-refractivity contribution in [3.8, 4) is 6.01 Å². The van der Waals surface area contributed by atoms with Gasteiger partial charge < -0.3 is 23.3 Å². The van der Waals surface area contributed by atoms with Crippen LogP contribution in [0, 0.1) is 5.92 Å². The number of fused-ring (bicyclic) bond motifs is 2. The molecule has 3 aliphatic rings. The van der Waals surface area contributed by atoms with Crippen LogP contribution in [0.15, 0.2) is 23.3 Å². The lowest BCUT2D eigenvalue weighted by atomic mass is 9.77. The molecule has 2 aromatic heterocycles. The van der Waals surface area contributed by atoms with Crippen molar-refractivity contribution in [1.82, 2.24) is 19.5 Å². The maximum Gasteiger partial charge on any atom is 0.296 e. The quantitative estimate of drug-likeness (QED) is 0.212. The molecule has 1 unspecified atom stereocenters. The number of aromatic amines is 1. The molecule has 2 aliphatic heterocycles.